The lowest BCUT2D eigenvalue weighted by Gasteiger charge is -2.08. The summed E-state index contributed by atoms with van der Waals surface area (Å²) in [6.07, 6.45) is 1.15. The van der Waals surface area contributed by atoms with Crippen molar-refractivity contribution in [3.05, 3.63) is 29.5 Å². The van der Waals surface area contributed by atoms with Crippen molar-refractivity contribution in [2.24, 2.45) is 0 Å². The van der Waals surface area contributed by atoms with E-state index in [0.29, 0.717) is 0 Å². The van der Waals surface area contributed by atoms with Gasteiger partial charge in [0, 0.05) is 27.8 Å². The molecule has 0 aliphatic carbocycles. The summed E-state index contributed by atoms with van der Waals surface area (Å²) in [5, 5.41) is 1.27. The summed E-state index contributed by atoms with van der Waals surface area (Å²) in [7, 11) is 1.69. The van der Waals surface area contributed by atoms with Gasteiger partial charge in [0.05, 0.1) is 12.6 Å². The summed E-state index contributed by atoms with van der Waals surface area (Å²) in [6, 6.07) is 6.15. The molecule has 2 nitrogen and oxygen atoms in total. The number of ether oxygens (including phenoxy) is 1. The van der Waals surface area contributed by atoms with Crippen molar-refractivity contribution in [2.45, 2.75) is 18.2 Å². The molecule has 3 heteroatoms. The first kappa shape index (κ1) is 9.97. The molecule has 2 heterocycles. The molecule has 1 aliphatic heterocycles. The van der Waals surface area contributed by atoms with Crippen molar-refractivity contribution in [1.82, 2.24) is 4.98 Å². The third kappa shape index (κ3) is 1.39. The van der Waals surface area contributed by atoms with E-state index in [9.17, 15) is 0 Å². The molecule has 0 unspecified atom stereocenters. The van der Waals surface area contributed by atoms with E-state index >= 15 is 0 Å². The predicted molar refractivity (Wildman–Crippen MR) is 67.5 cm³/mol. The Morgan fingerprint density at radius 2 is 2.25 bits per heavy atom. The number of pyridine rings is 1. The van der Waals surface area contributed by atoms with Gasteiger partial charge < -0.3 is 4.74 Å². The third-order valence-electron chi connectivity index (χ3n) is 3.05. The standard InChI is InChI=1S/C13H13NOS/c1-8-10-5-6-16-13(10)11-4-3-9(15-2)7-12(11)14-8/h3-4,7H,5-6H2,1-2H3. The lowest BCUT2D eigenvalue weighted by atomic mass is 10.1. The number of nitrogens with zero attached hydrogens (tertiary/aromatic N) is 1. The van der Waals surface area contributed by atoms with Gasteiger partial charge in [0.2, 0.25) is 0 Å². The van der Waals surface area contributed by atoms with E-state index in [0.717, 1.165) is 17.7 Å². The molecule has 0 amide bonds. The SMILES string of the molecule is COc1ccc2c3c(c(C)nc2c1)CCS3. The normalized spacial score (nSPS) is 14.1. The number of aromatic nitrogens is 1. The highest BCUT2D eigenvalue weighted by Gasteiger charge is 2.18. The van der Waals surface area contributed by atoms with Crippen LogP contribution in [0.4, 0.5) is 0 Å². The number of benzene rings is 1. The van der Waals surface area contributed by atoms with Crippen molar-refractivity contribution in [2.75, 3.05) is 12.9 Å². The first-order valence-electron chi connectivity index (χ1n) is 5.39. The van der Waals surface area contributed by atoms with Gasteiger partial charge in [0.15, 0.2) is 0 Å². The highest BCUT2D eigenvalue weighted by Crippen LogP contribution is 2.38. The summed E-state index contributed by atoms with van der Waals surface area (Å²) in [5.74, 6) is 2.06. The van der Waals surface area contributed by atoms with Crippen LogP contribution in [0.1, 0.15) is 11.3 Å². The number of rotatable bonds is 1. The fourth-order valence-electron chi connectivity index (χ4n) is 2.21. The molecule has 0 N–H and O–H groups in total. The van der Waals surface area contributed by atoms with Crippen molar-refractivity contribution in [3.8, 4) is 5.75 Å². The van der Waals surface area contributed by atoms with E-state index in [-0.39, 0.29) is 0 Å². The maximum Gasteiger partial charge on any atom is 0.121 e. The monoisotopic (exact) mass is 231 g/mol. The van der Waals surface area contributed by atoms with Gasteiger partial charge in [-0.1, -0.05) is 0 Å². The second kappa shape index (κ2) is 3.67. The largest absolute Gasteiger partial charge is 0.497 e. The first-order chi connectivity index (χ1) is 7.79. The van der Waals surface area contributed by atoms with E-state index in [4.69, 9.17) is 4.74 Å². The summed E-state index contributed by atoms with van der Waals surface area (Å²) in [5.41, 5.74) is 3.65. The smallest absolute Gasteiger partial charge is 0.121 e. The van der Waals surface area contributed by atoms with Crippen LogP contribution < -0.4 is 4.74 Å². The molecule has 16 heavy (non-hydrogen) atoms. The Bertz CT molecular complexity index is 565. The molecule has 2 aromatic rings. The maximum absolute atomic E-state index is 5.23. The van der Waals surface area contributed by atoms with E-state index in [1.165, 1.54) is 27.3 Å². The van der Waals surface area contributed by atoms with Crippen LogP contribution in [0, 0.1) is 6.92 Å². The van der Waals surface area contributed by atoms with Gasteiger partial charge in [-0.25, -0.2) is 0 Å². The Morgan fingerprint density at radius 1 is 1.38 bits per heavy atom. The summed E-state index contributed by atoms with van der Waals surface area (Å²) in [6.45, 7) is 2.10. The Hall–Kier alpha value is -1.22. The lowest BCUT2D eigenvalue weighted by Crippen LogP contribution is -1.93. The van der Waals surface area contributed by atoms with Crippen LogP contribution in [0.5, 0.6) is 5.75 Å². The van der Waals surface area contributed by atoms with Gasteiger partial charge in [-0.3, -0.25) is 4.98 Å². The number of aryl methyl sites for hydroxylation is 1. The zero-order valence-corrected chi connectivity index (χ0v) is 10.2. The van der Waals surface area contributed by atoms with Crippen molar-refractivity contribution < 1.29 is 4.74 Å². The molecule has 82 valence electrons. The van der Waals surface area contributed by atoms with Crippen LogP contribution in [-0.2, 0) is 6.42 Å². The molecule has 0 bridgehead atoms. The molecule has 0 radical (unpaired) electrons. The molecule has 1 aliphatic rings. The van der Waals surface area contributed by atoms with Gasteiger partial charge in [-0.2, -0.15) is 0 Å². The van der Waals surface area contributed by atoms with E-state index in [2.05, 4.69) is 18.0 Å². The predicted octanol–water partition coefficient (Wildman–Crippen LogP) is 3.20. The number of methoxy groups -OCH3 is 1. The Labute approximate surface area is 99.0 Å². The molecule has 3 rings (SSSR count). The summed E-state index contributed by atoms with van der Waals surface area (Å²) >= 11 is 1.94. The fraction of sp³-hybridized carbons (Fsp3) is 0.308. The number of hydrogen-bond donors (Lipinski definition) is 0. The van der Waals surface area contributed by atoms with Gasteiger partial charge in [-0.05, 0) is 31.0 Å². The van der Waals surface area contributed by atoms with Crippen molar-refractivity contribution in [1.29, 1.82) is 0 Å². The average Bonchev–Trinajstić information content (AvgIpc) is 2.78. The fourth-order valence-corrected chi connectivity index (χ4v) is 3.47. The Kier molecular flexibility index (Phi) is 2.28. The first-order valence-corrected chi connectivity index (χ1v) is 6.38. The molecular weight excluding hydrogens is 218 g/mol. The molecule has 0 saturated carbocycles. The molecule has 0 spiro atoms. The van der Waals surface area contributed by atoms with Gasteiger partial charge in [0.25, 0.3) is 0 Å². The molecular formula is C13H13NOS. The molecule has 0 atom stereocenters. The second-order valence-corrected chi connectivity index (χ2v) is 5.09. The Morgan fingerprint density at radius 3 is 3.06 bits per heavy atom. The minimum Gasteiger partial charge on any atom is -0.497 e. The minimum absolute atomic E-state index is 0.877. The van der Waals surface area contributed by atoms with Crippen LogP contribution in [0.2, 0.25) is 0 Å². The third-order valence-corrected chi connectivity index (χ3v) is 4.21. The summed E-state index contributed by atoms with van der Waals surface area (Å²) < 4.78 is 5.23. The van der Waals surface area contributed by atoms with Crippen LogP contribution in [0.25, 0.3) is 10.9 Å². The highest BCUT2D eigenvalue weighted by atomic mass is 32.2. The maximum atomic E-state index is 5.23. The number of hydrogen-bond acceptors (Lipinski definition) is 3. The van der Waals surface area contributed by atoms with E-state index < -0.39 is 0 Å². The molecule has 0 fully saturated rings. The molecule has 1 aromatic carbocycles. The zero-order chi connectivity index (χ0) is 11.1. The van der Waals surface area contributed by atoms with Crippen molar-refractivity contribution in [3.63, 3.8) is 0 Å². The van der Waals surface area contributed by atoms with Crippen molar-refractivity contribution >= 4 is 22.7 Å². The van der Waals surface area contributed by atoms with E-state index in [1.807, 2.05) is 23.9 Å². The molecule has 0 saturated heterocycles. The Balaban J connectivity index is 2.33. The highest BCUT2D eigenvalue weighted by molar-refractivity contribution is 7.99. The topological polar surface area (TPSA) is 22.1 Å². The average molecular weight is 231 g/mol. The quantitative estimate of drug-likeness (QED) is 0.752. The second-order valence-electron chi connectivity index (χ2n) is 3.99. The zero-order valence-electron chi connectivity index (χ0n) is 9.41. The number of thioether (sulfide) groups is 1. The summed E-state index contributed by atoms with van der Waals surface area (Å²) in [4.78, 5) is 6.08. The number of fused-ring (bicyclic) bond motifs is 3. The lowest BCUT2D eigenvalue weighted by molar-refractivity contribution is 0.415. The molecule has 1 aromatic heterocycles. The van der Waals surface area contributed by atoms with Crippen LogP contribution in [-0.4, -0.2) is 17.8 Å². The minimum atomic E-state index is 0.877. The van der Waals surface area contributed by atoms with Crippen LogP contribution in [0.15, 0.2) is 23.1 Å². The van der Waals surface area contributed by atoms with Crippen LogP contribution >= 0.6 is 11.8 Å². The van der Waals surface area contributed by atoms with Gasteiger partial charge in [0.1, 0.15) is 5.75 Å². The van der Waals surface area contributed by atoms with Crippen LogP contribution in [0.3, 0.4) is 0 Å². The van der Waals surface area contributed by atoms with E-state index in [1.54, 1.807) is 7.11 Å². The van der Waals surface area contributed by atoms with Gasteiger partial charge >= 0.3 is 0 Å². The van der Waals surface area contributed by atoms with Gasteiger partial charge in [-0.15, -0.1) is 11.8 Å².